The van der Waals surface area contributed by atoms with Crippen molar-refractivity contribution in [2.24, 2.45) is 0 Å². The van der Waals surface area contributed by atoms with Crippen LogP contribution in [0.1, 0.15) is 67.2 Å². The van der Waals surface area contributed by atoms with Gasteiger partial charge in [-0.05, 0) is 46.6 Å². The fourth-order valence-electron chi connectivity index (χ4n) is 2.71. The maximum Gasteiger partial charge on any atom is 0.497 e. The summed E-state index contributed by atoms with van der Waals surface area (Å²) in [6.45, 7) is 12.1. The smallest absolute Gasteiger partial charge is 0.490 e. The first-order valence-electron chi connectivity index (χ1n) is 9.02. The molecule has 0 radical (unpaired) electrons. The van der Waals surface area contributed by atoms with E-state index in [9.17, 15) is 4.39 Å². The third-order valence-electron chi connectivity index (χ3n) is 5.12. The third kappa shape index (κ3) is 4.12. The van der Waals surface area contributed by atoms with Crippen molar-refractivity contribution < 1.29 is 18.4 Å². The molecule has 2 rings (SSSR count). The Morgan fingerprint density at radius 3 is 2.25 bits per heavy atom. The summed E-state index contributed by atoms with van der Waals surface area (Å²) in [5, 5.41) is 0. The molecule has 1 aliphatic rings. The Morgan fingerprint density at radius 1 is 1.12 bits per heavy atom. The van der Waals surface area contributed by atoms with E-state index in [1.807, 2.05) is 27.7 Å². The first-order valence-corrected chi connectivity index (χ1v) is 9.02. The lowest BCUT2D eigenvalue weighted by Crippen LogP contribution is -2.41. The average molecular weight is 336 g/mol. The van der Waals surface area contributed by atoms with Gasteiger partial charge in [0.05, 0.1) is 17.3 Å². The highest BCUT2D eigenvalue weighted by molar-refractivity contribution is 6.62. The van der Waals surface area contributed by atoms with Crippen molar-refractivity contribution in [1.29, 1.82) is 0 Å². The summed E-state index contributed by atoms with van der Waals surface area (Å²) in [6.07, 6.45) is 4.29. The van der Waals surface area contributed by atoms with Crippen LogP contribution in [0.4, 0.5) is 4.39 Å². The lowest BCUT2D eigenvalue weighted by molar-refractivity contribution is 0.00578. The van der Waals surface area contributed by atoms with Crippen LogP contribution >= 0.6 is 0 Å². The van der Waals surface area contributed by atoms with Gasteiger partial charge in [-0.25, -0.2) is 4.39 Å². The van der Waals surface area contributed by atoms with Crippen LogP contribution in [0, 0.1) is 5.82 Å². The number of rotatable bonds is 7. The second-order valence-corrected chi connectivity index (χ2v) is 7.56. The van der Waals surface area contributed by atoms with E-state index in [1.54, 1.807) is 12.1 Å². The minimum absolute atomic E-state index is 0.132. The molecule has 0 bridgehead atoms. The largest absolute Gasteiger partial charge is 0.497 e. The molecule has 0 aromatic heterocycles. The van der Waals surface area contributed by atoms with Crippen LogP contribution in [0.3, 0.4) is 0 Å². The number of ether oxygens (including phenoxy) is 1. The summed E-state index contributed by atoms with van der Waals surface area (Å²) in [6, 6.07) is 4.95. The fraction of sp³-hybridized carbons (Fsp3) is 0.684. The molecule has 0 N–H and O–H groups in total. The van der Waals surface area contributed by atoms with E-state index in [1.165, 1.54) is 6.07 Å². The highest BCUT2D eigenvalue weighted by atomic mass is 19.1. The Bertz CT molecular complexity index is 544. The molecule has 0 spiro atoms. The van der Waals surface area contributed by atoms with Crippen LogP contribution in [0.25, 0.3) is 0 Å². The first-order chi connectivity index (χ1) is 11.2. The summed E-state index contributed by atoms with van der Waals surface area (Å²) in [5.41, 5.74) is -0.540. The molecule has 3 nitrogen and oxygen atoms in total. The molecule has 24 heavy (non-hydrogen) atoms. The Balaban J connectivity index is 2.10. The van der Waals surface area contributed by atoms with Gasteiger partial charge in [0, 0.05) is 11.5 Å². The van der Waals surface area contributed by atoms with Crippen molar-refractivity contribution in [2.45, 2.75) is 84.5 Å². The maximum atomic E-state index is 14.6. The second kappa shape index (κ2) is 7.44. The van der Waals surface area contributed by atoms with Gasteiger partial charge >= 0.3 is 7.12 Å². The molecule has 1 aromatic carbocycles. The standard InChI is InChI=1S/C19H30BFO3/c1-7-9-10-14(8-2)22-15-11-12-16(17(21)13-15)20-23-18(3,4)19(5,6)24-20/h11-14H,7-10H2,1-6H3. The van der Waals surface area contributed by atoms with Crippen molar-refractivity contribution in [3.05, 3.63) is 24.0 Å². The van der Waals surface area contributed by atoms with Gasteiger partial charge in [0.2, 0.25) is 0 Å². The lowest BCUT2D eigenvalue weighted by Gasteiger charge is -2.32. The van der Waals surface area contributed by atoms with Crippen LogP contribution in [0.15, 0.2) is 18.2 Å². The van der Waals surface area contributed by atoms with Crippen LogP contribution < -0.4 is 10.2 Å². The third-order valence-corrected chi connectivity index (χ3v) is 5.12. The van der Waals surface area contributed by atoms with Gasteiger partial charge < -0.3 is 14.0 Å². The topological polar surface area (TPSA) is 27.7 Å². The van der Waals surface area contributed by atoms with Crippen LogP contribution in [0.5, 0.6) is 5.75 Å². The van der Waals surface area contributed by atoms with Crippen molar-refractivity contribution >= 4 is 12.6 Å². The Morgan fingerprint density at radius 2 is 1.75 bits per heavy atom. The predicted octanol–water partition coefficient (Wildman–Crippen LogP) is 4.47. The number of hydrogen-bond donors (Lipinski definition) is 0. The highest BCUT2D eigenvalue weighted by Crippen LogP contribution is 2.36. The molecule has 1 heterocycles. The summed E-state index contributed by atoms with van der Waals surface area (Å²) < 4.78 is 32.3. The lowest BCUT2D eigenvalue weighted by atomic mass is 9.78. The van der Waals surface area contributed by atoms with E-state index >= 15 is 0 Å². The van der Waals surface area contributed by atoms with E-state index in [4.69, 9.17) is 14.0 Å². The van der Waals surface area contributed by atoms with E-state index in [0.717, 1.165) is 25.7 Å². The molecular formula is C19H30BFO3. The molecule has 1 unspecified atom stereocenters. The fourth-order valence-corrected chi connectivity index (χ4v) is 2.71. The van der Waals surface area contributed by atoms with Crippen molar-refractivity contribution in [3.63, 3.8) is 0 Å². The zero-order chi connectivity index (χ0) is 18.0. The highest BCUT2D eigenvalue weighted by Gasteiger charge is 2.52. The summed E-state index contributed by atoms with van der Waals surface area (Å²) in [4.78, 5) is 0. The Labute approximate surface area is 146 Å². The zero-order valence-electron chi connectivity index (χ0n) is 15.8. The molecule has 0 saturated carbocycles. The van der Waals surface area contributed by atoms with Gasteiger partial charge in [-0.3, -0.25) is 0 Å². The number of benzene rings is 1. The van der Waals surface area contributed by atoms with Gasteiger partial charge in [-0.15, -0.1) is 0 Å². The van der Waals surface area contributed by atoms with Crippen molar-refractivity contribution in [3.8, 4) is 5.75 Å². The van der Waals surface area contributed by atoms with E-state index in [2.05, 4.69) is 13.8 Å². The van der Waals surface area contributed by atoms with Crippen molar-refractivity contribution in [1.82, 2.24) is 0 Å². The molecule has 5 heteroatoms. The van der Waals surface area contributed by atoms with Gasteiger partial charge in [0.15, 0.2) is 0 Å². The SMILES string of the molecule is CCCCC(CC)Oc1ccc(B2OC(C)(C)C(C)(C)O2)c(F)c1. The number of hydrogen-bond acceptors (Lipinski definition) is 3. The van der Waals surface area contributed by atoms with E-state index in [0.29, 0.717) is 11.2 Å². The molecule has 134 valence electrons. The normalized spacial score (nSPS) is 20.2. The second-order valence-electron chi connectivity index (χ2n) is 7.56. The number of unbranched alkanes of at least 4 members (excludes halogenated alkanes) is 1. The van der Waals surface area contributed by atoms with Gasteiger partial charge in [-0.1, -0.05) is 32.8 Å². The summed E-state index contributed by atoms with van der Waals surface area (Å²) in [7, 11) is -0.689. The molecular weight excluding hydrogens is 306 g/mol. The Hall–Kier alpha value is -1.07. The van der Waals surface area contributed by atoms with E-state index < -0.39 is 18.3 Å². The monoisotopic (exact) mass is 336 g/mol. The first kappa shape index (κ1) is 19.3. The summed E-state index contributed by atoms with van der Waals surface area (Å²) >= 11 is 0. The minimum atomic E-state index is -0.689. The van der Waals surface area contributed by atoms with Gasteiger partial charge in [0.1, 0.15) is 11.6 Å². The van der Waals surface area contributed by atoms with Gasteiger partial charge in [-0.2, -0.15) is 0 Å². The van der Waals surface area contributed by atoms with E-state index in [-0.39, 0.29) is 11.9 Å². The van der Waals surface area contributed by atoms with Gasteiger partial charge in [0.25, 0.3) is 0 Å². The molecule has 0 amide bonds. The average Bonchev–Trinajstić information content (AvgIpc) is 2.71. The van der Waals surface area contributed by atoms with Crippen LogP contribution in [-0.4, -0.2) is 24.4 Å². The molecule has 1 aliphatic heterocycles. The maximum absolute atomic E-state index is 14.6. The van der Waals surface area contributed by atoms with Crippen LogP contribution in [0.2, 0.25) is 0 Å². The predicted molar refractivity (Wildman–Crippen MR) is 96.3 cm³/mol. The molecule has 0 aliphatic carbocycles. The number of halogens is 1. The quantitative estimate of drug-likeness (QED) is 0.688. The molecule has 1 atom stereocenters. The van der Waals surface area contributed by atoms with Crippen molar-refractivity contribution in [2.75, 3.05) is 0 Å². The summed E-state index contributed by atoms with van der Waals surface area (Å²) in [5.74, 6) is 0.215. The van der Waals surface area contributed by atoms with Crippen LogP contribution in [-0.2, 0) is 9.31 Å². The Kier molecular flexibility index (Phi) is 5.98. The molecule has 1 aromatic rings. The molecule has 1 saturated heterocycles. The zero-order valence-corrected chi connectivity index (χ0v) is 15.8. The minimum Gasteiger partial charge on any atom is -0.490 e. The molecule has 1 fully saturated rings.